The van der Waals surface area contributed by atoms with Crippen molar-refractivity contribution < 1.29 is 57.2 Å². The molecular weight excluding hydrogens is 1000 g/mol. The first kappa shape index (κ1) is 61.2. The van der Waals surface area contributed by atoms with Gasteiger partial charge in [0.25, 0.3) is 11.8 Å². The molecule has 1 N–H and O–H groups in total. The molecule has 426 valence electrons. The molecule has 0 aliphatic carbocycles. The average molecular weight is 1090 g/mol. The van der Waals surface area contributed by atoms with Gasteiger partial charge in [-0.1, -0.05) is 108 Å². The number of piperidine rings is 2. The van der Waals surface area contributed by atoms with Crippen LogP contribution in [0.4, 0.5) is 0 Å². The molecule has 4 atom stereocenters. The van der Waals surface area contributed by atoms with E-state index in [4.69, 9.17) is 23.7 Å². The van der Waals surface area contributed by atoms with Crippen LogP contribution in [0.5, 0.6) is 23.0 Å². The number of Topliss-reactive ketones (excluding diaryl/α,β-unsaturated/α-hetero) is 1. The number of benzene rings is 4. The van der Waals surface area contributed by atoms with Crippen molar-refractivity contribution >= 4 is 41.3 Å². The normalized spacial score (nSPS) is 16.8. The van der Waals surface area contributed by atoms with E-state index in [0.29, 0.717) is 68.3 Å². The van der Waals surface area contributed by atoms with Crippen LogP contribution in [-0.4, -0.2) is 97.2 Å². The highest BCUT2D eigenvalue weighted by atomic mass is 16.5. The van der Waals surface area contributed by atoms with E-state index >= 15 is 0 Å². The molecule has 3 aliphatic heterocycles. The molecule has 15 heteroatoms. The lowest BCUT2D eigenvalue weighted by atomic mass is 9.91. The molecule has 2 unspecified atom stereocenters. The lowest BCUT2D eigenvalue weighted by Crippen LogP contribution is -2.54. The van der Waals surface area contributed by atoms with E-state index in [2.05, 4.69) is 51.2 Å². The highest BCUT2D eigenvalue weighted by molar-refractivity contribution is 6.24. The van der Waals surface area contributed by atoms with E-state index in [0.717, 1.165) is 84.9 Å². The Labute approximate surface area is 467 Å². The topological polar surface area (TPSA) is 184 Å². The average Bonchev–Trinajstić information content (AvgIpc) is 3.82. The summed E-state index contributed by atoms with van der Waals surface area (Å²) in [6.07, 6.45) is 13.8. The van der Waals surface area contributed by atoms with E-state index in [9.17, 15) is 33.6 Å². The van der Waals surface area contributed by atoms with Crippen molar-refractivity contribution in [3.05, 3.63) is 117 Å². The first-order chi connectivity index (χ1) is 38.1. The summed E-state index contributed by atoms with van der Waals surface area (Å²) in [5, 5.41) is 2.19. The molecule has 3 aliphatic rings. The fourth-order valence-electron chi connectivity index (χ4n) is 10.6. The molecule has 2 saturated heterocycles. The molecular formula is C64H83N3O12. The van der Waals surface area contributed by atoms with Crippen molar-refractivity contribution in [3.8, 4) is 23.0 Å². The highest BCUT2D eigenvalue weighted by Gasteiger charge is 2.46. The molecule has 4 aromatic carbocycles. The van der Waals surface area contributed by atoms with Gasteiger partial charge in [-0.15, -0.1) is 0 Å². The van der Waals surface area contributed by atoms with Crippen molar-refractivity contribution in [1.29, 1.82) is 0 Å². The third-order valence-corrected chi connectivity index (χ3v) is 15.3. The number of nitrogens with zero attached hydrogens (tertiary/aromatic N) is 2. The van der Waals surface area contributed by atoms with E-state index in [-0.39, 0.29) is 48.2 Å². The standard InChI is InChI=1S/C45H61NO7.C19H22N2O5/c1-8-10-11-12-13-18-37(47)30-52-38-19-16-17-35(28-38)41(24-23-34-22-21-31(3)32(4)26-34)53-45(49)40-20-14-15-25-46(40)44(48)39(9-2)36-27-33(5)43(51-7)42(29-36)50-6;1-2-3-4-5-11-26-14-8-6-7-12-16(14)19(25)21(18(12)24)13-9-10-15(22)20-17(13)23/h16-17,19,21-22,26-29,39-41H,8-15,18,20,23-25,30H2,1-7H3;6-8,13H,2-5,9-11H2,1H3,(H,20,22,23)/t39-,40-,41?;/m0./s1. The van der Waals surface area contributed by atoms with Gasteiger partial charge in [0.2, 0.25) is 17.7 Å². The van der Waals surface area contributed by atoms with E-state index < -0.39 is 47.8 Å². The van der Waals surface area contributed by atoms with Crippen LogP contribution < -0.4 is 24.3 Å². The number of hydrogen-bond donors (Lipinski definition) is 1. The summed E-state index contributed by atoms with van der Waals surface area (Å²) < 4.78 is 29.3. The van der Waals surface area contributed by atoms with Gasteiger partial charge in [-0.05, 0) is 142 Å². The second-order valence-corrected chi connectivity index (χ2v) is 21.1. The van der Waals surface area contributed by atoms with E-state index in [1.165, 1.54) is 24.0 Å². The van der Waals surface area contributed by atoms with E-state index in [1.54, 1.807) is 37.3 Å². The molecule has 0 bridgehead atoms. The minimum Gasteiger partial charge on any atom is -0.493 e. The molecule has 2 fully saturated rings. The van der Waals surface area contributed by atoms with Crippen LogP contribution >= 0.6 is 0 Å². The maximum absolute atomic E-state index is 14.3. The summed E-state index contributed by atoms with van der Waals surface area (Å²) in [5.41, 5.74) is 6.57. The minimum atomic E-state index is -0.961. The lowest BCUT2D eigenvalue weighted by Gasteiger charge is -2.37. The van der Waals surface area contributed by atoms with Crippen molar-refractivity contribution in [2.75, 3.05) is 34.0 Å². The number of carbonyl (C=O) groups excluding carboxylic acids is 7. The number of hydrogen-bond acceptors (Lipinski definition) is 12. The number of imide groups is 2. The summed E-state index contributed by atoms with van der Waals surface area (Å²) in [6, 6.07) is 21.0. The summed E-state index contributed by atoms with van der Waals surface area (Å²) in [7, 11) is 3.20. The number of amides is 5. The fourth-order valence-corrected chi connectivity index (χ4v) is 10.6. The zero-order valence-corrected chi connectivity index (χ0v) is 47.9. The number of carbonyl (C=O) groups is 7. The van der Waals surface area contributed by atoms with Gasteiger partial charge in [0.15, 0.2) is 17.3 Å². The molecule has 7 rings (SSSR count). The Morgan fingerprint density at radius 2 is 1.46 bits per heavy atom. The second kappa shape index (κ2) is 30.4. The number of ether oxygens (including phenoxy) is 5. The molecule has 15 nitrogen and oxygen atoms in total. The predicted octanol–water partition coefficient (Wildman–Crippen LogP) is 11.8. The summed E-state index contributed by atoms with van der Waals surface area (Å²) >= 11 is 0. The van der Waals surface area contributed by atoms with Gasteiger partial charge < -0.3 is 28.6 Å². The zero-order valence-electron chi connectivity index (χ0n) is 47.9. The number of nitrogens with one attached hydrogen (secondary N) is 1. The van der Waals surface area contributed by atoms with Gasteiger partial charge >= 0.3 is 5.97 Å². The minimum absolute atomic E-state index is 0.0155. The molecule has 0 spiro atoms. The van der Waals surface area contributed by atoms with Crippen LogP contribution in [0.15, 0.2) is 72.8 Å². The Kier molecular flexibility index (Phi) is 23.5. The Morgan fingerprint density at radius 1 is 0.709 bits per heavy atom. The molecule has 0 saturated carbocycles. The predicted molar refractivity (Wildman–Crippen MR) is 303 cm³/mol. The van der Waals surface area contributed by atoms with Crippen LogP contribution in [0, 0.1) is 20.8 Å². The Bertz CT molecular complexity index is 2770. The number of rotatable bonds is 27. The Hall–Kier alpha value is -7.03. The van der Waals surface area contributed by atoms with Gasteiger partial charge in [-0.2, -0.15) is 0 Å². The van der Waals surface area contributed by atoms with Crippen molar-refractivity contribution in [3.63, 3.8) is 0 Å². The largest absolute Gasteiger partial charge is 0.493 e. The van der Waals surface area contributed by atoms with Gasteiger partial charge in [0.1, 0.15) is 36.3 Å². The summed E-state index contributed by atoms with van der Waals surface area (Å²) in [4.78, 5) is 92.8. The number of likely N-dealkylation sites (tertiary alicyclic amines) is 1. The molecule has 0 radical (unpaired) electrons. The first-order valence-corrected chi connectivity index (χ1v) is 28.7. The zero-order chi connectivity index (χ0) is 57.0. The van der Waals surface area contributed by atoms with Crippen LogP contribution in [0.3, 0.4) is 0 Å². The van der Waals surface area contributed by atoms with Crippen molar-refractivity contribution in [1.82, 2.24) is 15.1 Å². The van der Waals surface area contributed by atoms with Crippen LogP contribution in [0.25, 0.3) is 0 Å². The molecule has 5 amide bonds. The Morgan fingerprint density at radius 3 is 2.16 bits per heavy atom. The van der Waals surface area contributed by atoms with Crippen LogP contribution in [0.1, 0.15) is 196 Å². The van der Waals surface area contributed by atoms with E-state index in [1.807, 2.05) is 50.2 Å². The maximum Gasteiger partial charge on any atom is 0.329 e. The third-order valence-electron chi connectivity index (χ3n) is 15.3. The van der Waals surface area contributed by atoms with Gasteiger partial charge in [-0.25, -0.2) is 4.79 Å². The highest BCUT2D eigenvalue weighted by Crippen LogP contribution is 2.38. The third kappa shape index (κ3) is 16.3. The molecule has 3 heterocycles. The van der Waals surface area contributed by atoms with Gasteiger partial charge in [0.05, 0.1) is 37.9 Å². The Balaban J connectivity index is 0.000000322. The molecule has 4 aromatic rings. The summed E-state index contributed by atoms with van der Waals surface area (Å²) in [6.45, 7) is 13.4. The van der Waals surface area contributed by atoms with Gasteiger partial charge in [-0.3, -0.25) is 39.0 Å². The van der Waals surface area contributed by atoms with Crippen molar-refractivity contribution in [2.45, 2.75) is 181 Å². The van der Waals surface area contributed by atoms with Crippen LogP contribution in [0.2, 0.25) is 0 Å². The second-order valence-electron chi connectivity index (χ2n) is 21.1. The molecule has 79 heavy (non-hydrogen) atoms. The first-order valence-electron chi connectivity index (χ1n) is 28.7. The lowest BCUT2D eigenvalue weighted by molar-refractivity contribution is -0.162. The SMILES string of the molecule is CCCCCCCC(=O)COc1cccc(C(CCc2ccc(C)c(C)c2)OC(=O)[C@@H]2CCCCN2C(=O)[C@@H](CC)c2cc(C)c(OC)c(OC)c2)c1.CCCCCCOc1cccc2c1C(=O)N(C1CCC(=O)NC1=O)C2=O. The number of esters is 1. The number of fused-ring (bicyclic) bond motifs is 1. The monoisotopic (exact) mass is 1090 g/mol. The number of unbranched alkanes of at least 4 members (excludes halogenated alkanes) is 7. The maximum atomic E-state index is 14.3. The van der Waals surface area contributed by atoms with Crippen molar-refractivity contribution in [2.24, 2.45) is 0 Å². The number of aryl methyl sites for hydroxylation is 4. The quantitative estimate of drug-likeness (QED) is 0.0339. The number of ketones is 1. The van der Waals surface area contributed by atoms with Gasteiger partial charge in [0, 0.05) is 19.4 Å². The van der Waals surface area contributed by atoms with Crippen LogP contribution in [-0.2, 0) is 35.1 Å². The number of methoxy groups -OCH3 is 2. The smallest absolute Gasteiger partial charge is 0.329 e. The molecule has 0 aromatic heterocycles. The fraction of sp³-hybridized carbons (Fsp3) is 0.516. The summed E-state index contributed by atoms with van der Waals surface area (Å²) in [5.74, 6) is -0.751.